The Balaban J connectivity index is 3.49. The zero-order valence-electron chi connectivity index (χ0n) is 8.79. The van der Waals surface area contributed by atoms with Gasteiger partial charge in [-0.3, -0.25) is 0 Å². The number of rotatable bonds is 2. The van der Waals surface area contributed by atoms with Gasteiger partial charge in [0, 0.05) is 5.56 Å². The van der Waals surface area contributed by atoms with E-state index in [9.17, 15) is 4.79 Å². The molecule has 0 spiro atoms. The largest absolute Gasteiger partial charge is 0.387 e. The molecule has 0 amide bonds. The van der Waals surface area contributed by atoms with E-state index in [0.29, 0.717) is 17.0 Å². The number of hydrogen-bond donors (Lipinski definition) is 0. The number of nitrogens with zero attached hydrogens (tertiary/aromatic N) is 2. The number of carbonyl (C=O) groups excluding carboxylic acids is 1. The van der Waals surface area contributed by atoms with Crippen LogP contribution >= 0.6 is 0 Å². The summed E-state index contributed by atoms with van der Waals surface area (Å²) in [5.41, 5.74) is 2.90. The minimum atomic E-state index is 0.456. The first kappa shape index (κ1) is 11.0. The van der Waals surface area contributed by atoms with Crippen LogP contribution in [0.15, 0.2) is 11.1 Å². The van der Waals surface area contributed by atoms with Crippen LogP contribution in [0.2, 0.25) is 0 Å². The molecule has 1 aromatic rings. The summed E-state index contributed by atoms with van der Waals surface area (Å²) in [6, 6.07) is 1.82. The molecule has 0 heterocycles. The van der Waals surface area contributed by atoms with Gasteiger partial charge < -0.3 is 4.74 Å². The van der Waals surface area contributed by atoms with Crippen molar-refractivity contribution in [1.82, 2.24) is 0 Å². The van der Waals surface area contributed by atoms with Crippen molar-refractivity contribution in [1.29, 1.82) is 5.26 Å². The van der Waals surface area contributed by atoms with Crippen molar-refractivity contribution in [2.45, 2.75) is 20.8 Å². The van der Waals surface area contributed by atoms with Crippen molar-refractivity contribution in [2.75, 3.05) is 0 Å². The van der Waals surface area contributed by atoms with Gasteiger partial charge in [-0.05, 0) is 31.9 Å². The van der Waals surface area contributed by atoms with Crippen LogP contribution in [-0.4, -0.2) is 6.08 Å². The average Bonchev–Trinajstić information content (AvgIpc) is 2.19. The molecule has 0 fully saturated rings. The molecular formula is C11H10N2O2. The Morgan fingerprint density at radius 2 is 2.00 bits per heavy atom. The third-order valence-electron chi connectivity index (χ3n) is 2.17. The second-order valence-corrected chi connectivity index (χ2v) is 3.21. The average molecular weight is 202 g/mol. The lowest BCUT2D eigenvalue weighted by Gasteiger charge is -2.10. The molecule has 0 unspecified atom stereocenters. The monoisotopic (exact) mass is 202 g/mol. The van der Waals surface area contributed by atoms with E-state index in [2.05, 4.69) is 4.99 Å². The SMILES string of the molecule is Cc1cc(C)c(OC#N)c(C)c1N=C=O. The van der Waals surface area contributed by atoms with Gasteiger partial charge in [0.1, 0.15) is 5.75 Å². The van der Waals surface area contributed by atoms with Gasteiger partial charge in [-0.25, -0.2) is 4.79 Å². The van der Waals surface area contributed by atoms with Gasteiger partial charge in [0.2, 0.25) is 6.08 Å². The minimum Gasteiger partial charge on any atom is -0.387 e. The Kier molecular flexibility index (Phi) is 3.22. The standard InChI is InChI=1S/C11H10N2O2/c1-7-4-8(2)11(15-5-12)9(3)10(7)13-6-14/h4H,1-3H3. The lowest BCUT2D eigenvalue weighted by Crippen LogP contribution is -1.92. The molecule has 1 aromatic carbocycles. The van der Waals surface area contributed by atoms with Crippen molar-refractivity contribution < 1.29 is 9.53 Å². The number of benzene rings is 1. The molecule has 0 saturated carbocycles. The molecule has 0 atom stereocenters. The fraction of sp³-hybridized carbons (Fsp3) is 0.273. The zero-order chi connectivity index (χ0) is 11.4. The fourth-order valence-corrected chi connectivity index (χ4v) is 1.58. The summed E-state index contributed by atoms with van der Waals surface area (Å²) in [6.07, 6.45) is 3.11. The molecule has 0 aromatic heterocycles. The number of aryl methyl sites for hydroxylation is 2. The smallest absolute Gasteiger partial charge is 0.292 e. The molecule has 4 nitrogen and oxygen atoms in total. The third kappa shape index (κ3) is 2.04. The highest BCUT2D eigenvalue weighted by Crippen LogP contribution is 2.34. The van der Waals surface area contributed by atoms with E-state index < -0.39 is 0 Å². The van der Waals surface area contributed by atoms with Gasteiger partial charge in [0.25, 0.3) is 6.26 Å². The van der Waals surface area contributed by atoms with Crippen LogP contribution < -0.4 is 4.74 Å². The number of nitriles is 1. The first-order valence-electron chi connectivity index (χ1n) is 4.36. The quantitative estimate of drug-likeness (QED) is 0.420. The highest BCUT2D eigenvalue weighted by atomic mass is 16.5. The molecule has 0 aliphatic rings. The van der Waals surface area contributed by atoms with Crippen molar-refractivity contribution in [3.63, 3.8) is 0 Å². The first-order chi connectivity index (χ1) is 7.11. The summed E-state index contributed by atoms with van der Waals surface area (Å²) in [6.45, 7) is 5.43. The van der Waals surface area contributed by atoms with E-state index >= 15 is 0 Å². The number of isocyanates is 1. The summed E-state index contributed by atoms with van der Waals surface area (Å²) in [4.78, 5) is 13.8. The van der Waals surface area contributed by atoms with Gasteiger partial charge in [0.15, 0.2) is 0 Å². The number of aliphatic imine (C=N–C) groups is 1. The van der Waals surface area contributed by atoms with Gasteiger partial charge >= 0.3 is 0 Å². The van der Waals surface area contributed by atoms with Crippen LogP contribution in [0.5, 0.6) is 5.75 Å². The molecule has 0 N–H and O–H groups in total. The molecule has 0 bridgehead atoms. The highest BCUT2D eigenvalue weighted by Gasteiger charge is 2.11. The fourth-order valence-electron chi connectivity index (χ4n) is 1.58. The maximum atomic E-state index is 10.2. The molecule has 0 radical (unpaired) electrons. The second kappa shape index (κ2) is 4.41. The van der Waals surface area contributed by atoms with Crippen molar-refractivity contribution in [3.8, 4) is 12.0 Å². The Morgan fingerprint density at radius 3 is 2.53 bits per heavy atom. The van der Waals surface area contributed by atoms with Gasteiger partial charge in [-0.15, -0.1) is 5.26 Å². The summed E-state index contributed by atoms with van der Waals surface area (Å²) in [7, 11) is 0. The summed E-state index contributed by atoms with van der Waals surface area (Å²) >= 11 is 0. The molecule has 15 heavy (non-hydrogen) atoms. The third-order valence-corrected chi connectivity index (χ3v) is 2.17. The topological polar surface area (TPSA) is 62.4 Å². The van der Waals surface area contributed by atoms with Gasteiger partial charge in [-0.1, -0.05) is 6.07 Å². The van der Waals surface area contributed by atoms with E-state index in [1.165, 1.54) is 6.08 Å². The lowest BCUT2D eigenvalue weighted by molar-refractivity contribution is 0.499. The predicted octanol–water partition coefficient (Wildman–Crippen LogP) is 2.44. The molecular weight excluding hydrogens is 192 g/mol. The van der Waals surface area contributed by atoms with Crippen LogP contribution in [0.4, 0.5) is 5.69 Å². The van der Waals surface area contributed by atoms with E-state index in [1.807, 2.05) is 19.9 Å². The summed E-state index contributed by atoms with van der Waals surface area (Å²) < 4.78 is 4.83. The van der Waals surface area contributed by atoms with Crippen molar-refractivity contribution in [3.05, 3.63) is 22.8 Å². The molecule has 0 saturated heterocycles. The van der Waals surface area contributed by atoms with Crippen molar-refractivity contribution in [2.24, 2.45) is 4.99 Å². The molecule has 1 rings (SSSR count). The Hall–Kier alpha value is -2.11. The number of ether oxygens (including phenoxy) is 1. The van der Waals surface area contributed by atoms with Crippen LogP contribution in [0.3, 0.4) is 0 Å². The Bertz CT molecular complexity index is 480. The second-order valence-electron chi connectivity index (χ2n) is 3.21. The lowest BCUT2D eigenvalue weighted by atomic mass is 10.0. The maximum Gasteiger partial charge on any atom is 0.292 e. The molecule has 4 heteroatoms. The molecule has 0 aliphatic carbocycles. The summed E-state index contributed by atoms with van der Waals surface area (Å²) in [5, 5.41) is 8.48. The van der Waals surface area contributed by atoms with E-state index in [0.717, 1.165) is 11.1 Å². The van der Waals surface area contributed by atoms with Gasteiger partial charge in [-0.2, -0.15) is 4.99 Å². The Labute approximate surface area is 87.8 Å². The molecule has 0 aliphatic heterocycles. The van der Waals surface area contributed by atoms with Crippen molar-refractivity contribution >= 4 is 11.8 Å². The van der Waals surface area contributed by atoms with Crippen LogP contribution in [0, 0.1) is 32.3 Å². The summed E-state index contributed by atoms with van der Waals surface area (Å²) in [5.74, 6) is 0.456. The maximum absolute atomic E-state index is 10.2. The van der Waals surface area contributed by atoms with E-state index in [-0.39, 0.29) is 0 Å². The van der Waals surface area contributed by atoms with Crippen LogP contribution in [0.1, 0.15) is 16.7 Å². The van der Waals surface area contributed by atoms with Crippen LogP contribution in [-0.2, 0) is 4.79 Å². The predicted molar refractivity (Wildman–Crippen MR) is 54.7 cm³/mol. The number of hydrogen-bond acceptors (Lipinski definition) is 4. The first-order valence-corrected chi connectivity index (χ1v) is 4.36. The van der Waals surface area contributed by atoms with E-state index in [4.69, 9.17) is 10.00 Å². The van der Waals surface area contributed by atoms with E-state index in [1.54, 1.807) is 13.2 Å². The van der Waals surface area contributed by atoms with Crippen LogP contribution in [0.25, 0.3) is 0 Å². The highest BCUT2D eigenvalue weighted by molar-refractivity contribution is 5.64. The molecule has 76 valence electrons. The van der Waals surface area contributed by atoms with Gasteiger partial charge in [0.05, 0.1) is 5.69 Å². The normalized spacial score (nSPS) is 8.93. The minimum absolute atomic E-state index is 0.456. The zero-order valence-corrected chi connectivity index (χ0v) is 8.79. The Morgan fingerprint density at radius 1 is 1.33 bits per heavy atom.